The highest BCUT2D eigenvalue weighted by molar-refractivity contribution is 9.10. The third-order valence-corrected chi connectivity index (χ3v) is 2.74. The Hall–Kier alpha value is -0.280. The Kier molecular flexibility index (Phi) is 4.20. The largest absolute Gasteiger partial charge is 0.353 e. The van der Waals surface area contributed by atoms with E-state index in [4.69, 9.17) is 11.6 Å². The van der Waals surface area contributed by atoms with Crippen LogP contribution in [-0.4, -0.2) is 17.6 Å². The molecule has 0 radical (unpaired) electrons. The van der Waals surface area contributed by atoms with Crippen molar-refractivity contribution in [2.24, 2.45) is 0 Å². The molecule has 0 atom stereocenters. The molecule has 78 valence electrons. The fraction of sp³-hybridized carbons (Fsp3) is 0.500. The summed E-state index contributed by atoms with van der Waals surface area (Å²) in [4.78, 5) is 6.48. The fourth-order valence-electron chi connectivity index (χ4n) is 1.38. The van der Waals surface area contributed by atoms with Crippen LogP contribution in [0.2, 0.25) is 5.02 Å². The predicted molar refractivity (Wildman–Crippen MR) is 65.1 cm³/mol. The van der Waals surface area contributed by atoms with Gasteiger partial charge in [-0.2, -0.15) is 0 Å². The lowest BCUT2D eigenvalue weighted by Crippen LogP contribution is -2.31. The molecule has 0 fully saturated rings. The number of nitrogens with zero attached hydrogens (tertiary/aromatic N) is 2. The lowest BCUT2D eigenvalue weighted by Gasteiger charge is -2.27. The first-order chi connectivity index (χ1) is 6.56. The first kappa shape index (κ1) is 11.8. The van der Waals surface area contributed by atoms with E-state index < -0.39 is 0 Å². The number of anilines is 1. The van der Waals surface area contributed by atoms with Crippen LogP contribution in [-0.2, 0) is 0 Å². The van der Waals surface area contributed by atoms with Gasteiger partial charge in [-0.3, -0.25) is 0 Å². The normalized spacial score (nSPS) is 10.7. The van der Waals surface area contributed by atoms with E-state index in [2.05, 4.69) is 46.6 Å². The van der Waals surface area contributed by atoms with Crippen molar-refractivity contribution < 1.29 is 0 Å². The molecule has 0 saturated heterocycles. The van der Waals surface area contributed by atoms with Gasteiger partial charge in [0.05, 0.1) is 5.02 Å². The molecule has 0 aromatic carbocycles. The average molecular weight is 278 g/mol. The van der Waals surface area contributed by atoms with Crippen molar-refractivity contribution in [2.45, 2.75) is 26.8 Å². The van der Waals surface area contributed by atoms with Gasteiger partial charge < -0.3 is 4.90 Å². The minimum Gasteiger partial charge on any atom is -0.353 e. The molecule has 0 N–H and O–H groups in total. The van der Waals surface area contributed by atoms with E-state index in [-0.39, 0.29) is 0 Å². The van der Waals surface area contributed by atoms with Gasteiger partial charge in [0.25, 0.3) is 0 Å². The summed E-state index contributed by atoms with van der Waals surface area (Å²) >= 11 is 9.45. The van der Waals surface area contributed by atoms with Gasteiger partial charge in [0.15, 0.2) is 0 Å². The van der Waals surface area contributed by atoms with E-state index in [0.717, 1.165) is 16.8 Å². The van der Waals surface area contributed by atoms with Crippen LogP contribution < -0.4 is 4.90 Å². The quantitative estimate of drug-likeness (QED) is 0.837. The van der Waals surface area contributed by atoms with Crippen molar-refractivity contribution >= 4 is 33.3 Å². The zero-order chi connectivity index (χ0) is 10.7. The maximum atomic E-state index is 6.11. The first-order valence-corrected chi connectivity index (χ1v) is 5.81. The van der Waals surface area contributed by atoms with E-state index in [0.29, 0.717) is 11.1 Å². The van der Waals surface area contributed by atoms with E-state index in [1.54, 1.807) is 6.20 Å². The Bertz CT molecular complexity index is 315. The zero-order valence-corrected chi connectivity index (χ0v) is 10.9. The monoisotopic (exact) mass is 276 g/mol. The molecule has 1 rings (SSSR count). The third-order valence-electron chi connectivity index (χ3n) is 2.02. The molecular formula is C10H14BrClN2. The number of pyridine rings is 1. The van der Waals surface area contributed by atoms with Gasteiger partial charge >= 0.3 is 0 Å². The first-order valence-electron chi connectivity index (χ1n) is 4.64. The molecule has 4 heteroatoms. The Morgan fingerprint density at radius 3 is 2.64 bits per heavy atom. The molecular weight excluding hydrogens is 263 g/mol. The second-order valence-electron chi connectivity index (χ2n) is 3.34. The summed E-state index contributed by atoms with van der Waals surface area (Å²) in [6.07, 6.45) is 1.77. The van der Waals surface area contributed by atoms with Crippen LogP contribution in [0.5, 0.6) is 0 Å². The van der Waals surface area contributed by atoms with E-state index >= 15 is 0 Å². The van der Waals surface area contributed by atoms with Gasteiger partial charge in [-0.05, 0) is 42.8 Å². The summed E-state index contributed by atoms with van der Waals surface area (Å²) < 4.78 is 0.908. The van der Waals surface area contributed by atoms with Crippen molar-refractivity contribution in [3.05, 3.63) is 21.8 Å². The molecule has 0 amide bonds. The van der Waals surface area contributed by atoms with Crippen molar-refractivity contribution in [1.29, 1.82) is 0 Å². The third kappa shape index (κ3) is 2.61. The molecule has 1 aromatic rings. The van der Waals surface area contributed by atoms with Crippen LogP contribution in [0.15, 0.2) is 16.7 Å². The van der Waals surface area contributed by atoms with Gasteiger partial charge in [-0.1, -0.05) is 11.6 Å². The van der Waals surface area contributed by atoms with Crippen molar-refractivity contribution in [3.63, 3.8) is 0 Å². The molecule has 14 heavy (non-hydrogen) atoms. The summed E-state index contributed by atoms with van der Waals surface area (Å²) in [5.74, 6) is 0.854. The second kappa shape index (κ2) is 4.99. The summed E-state index contributed by atoms with van der Waals surface area (Å²) in [5.41, 5.74) is 0. The van der Waals surface area contributed by atoms with Gasteiger partial charge in [0.2, 0.25) is 0 Å². The molecule has 0 aliphatic heterocycles. The van der Waals surface area contributed by atoms with Crippen LogP contribution in [0.25, 0.3) is 0 Å². The van der Waals surface area contributed by atoms with Gasteiger partial charge in [-0.25, -0.2) is 4.98 Å². The standard InChI is InChI=1S/C10H14BrClN2/c1-4-14(7(2)3)10-9(12)5-8(11)6-13-10/h5-7H,4H2,1-3H3. The van der Waals surface area contributed by atoms with Gasteiger partial charge in [0.1, 0.15) is 5.82 Å². The highest BCUT2D eigenvalue weighted by atomic mass is 79.9. The molecule has 1 heterocycles. The zero-order valence-electron chi connectivity index (χ0n) is 8.59. The molecule has 0 aliphatic rings. The van der Waals surface area contributed by atoms with E-state index in [1.807, 2.05) is 6.07 Å². The van der Waals surface area contributed by atoms with E-state index in [1.165, 1.54) is 0 Å². The van der Waals surface area contributed by atoms with Crippen molar-refractivity contribution in [3.8, 4) is 0 Å². The highest BCUT2D eigenvalue weighted by Gasteiger charge is 2.13. The minimum atomic E-state index is 0.408. The van der Waals surface area contributed by atoms with Crippen LogP contribution in [0.1, 0.15) is 20.8 Å². The maximum Gasteiger partial charge on any atom is 0.147 e. The van der Waals surface area contributed by atoms with Crippen LogP contribution >= 0.6 is 27.5 Å². The summed E-state index contributed by atoms with van der Waals surface area (Å²) in [6.45, 7) is 7.26. The molecule has 1 aromatic heterocycles. The van der Waals surface area contributed by atoms with E-state index in [9.17, 15) is 0 Å². The minimum absolute atomic E-state index is 0.408. The van der Waals surface area contributed by atoms with Gasteiger partial charge in [0, 0.05) is 23.3 Å². The second-order valence-corrected chi connectivity index (χ2v) is 4.66. The summed E-state index contributed by atoms with van der Waals surface area (Å²) in [7, 11) is 0. The lowest BCUT2D eigenvalue weighted by atomic mass is 10.3. The Morgan fingerprint density at radius 1 is 1.57 bits per heavy atom. The highest BCUT2D eigenvalue weighted by Crippen LogP contribution is 2.27. The van der Waals surface area contributed by atoms with Crippen LogP contribution in [0.4, 0.5) is 5.82 Å². The van der Waals surface area contributed by atoms with Crippen LogP contribution in [0, 0.1) is 0 Å². The number of halogens is 2. The molecule has 0 bridgehead atoms. The number of rotatable bonds is 3. The molecule has 0 spiro atoms. The molecule has 0 unspecified atom stereocenters. The summed E-state index contributed by atoms with van der Waals surface area (Å²) in [6, 6.07) is 2.28. The number of hydrogen-bond donors (Lipinski definition) is 0. The molecule has 0 aliphatic carbocycles. The SMILES string of the molecule is CCN(c1ncc(Br)cc1Cl)C(C)C. The smallest absolute Gasteiger partial charge is 0.147 e. The number of hydrogen-bond acceptors (Lipinski definition) is 2. The molecule has 0 saturated carbocycles. The van der Waals surface area contributed by atoms with Gasteiger partial charge in [-0.15, -0.1) is 0 Å². The van der Waals surface area contributed by atoms with Crippen molar-refractivity contribution in [2.75, 3.05) is 11.4 Å². The Balaban J connectivity index is 3.04. The fourth-order valence-corrected chi connectivity index (χ4v) is 2.12. The van der Waals surface area contributed by atoms with Crippen LogP contribution in [0.3, 0.4) is 0 Å². The summed E-state index contributed by atoms with van der Waals surface area (Å²) in [5, 5.41) is 0.690. The lowest BCUT2D eigenvalue weighted by molar-refractivity contribution is 0.693. The van der Waals surface area contributed by atoms with Crippen molar-refractivity contribution in [1.82, 2.24) is 4.98 Å². The Morgan fingerprint density at radius 2 is 2.21 bits per heavy atom. The Labute approximate surface area is 98.4 Å². The average Bonchev–Trinajstić information content (AvgIpc) is 2.09. The topological polar surface area (TPSA) is 16.1 Å². The molecule has 2 nitrogen and oxygen atoms in total. The number of aromatic nitrogens is 1. The maximum absolute atomic E-state index is 6.11. The predicted octanol–water partition coefficient (Wildman–Crippen LogP) is 3.73.